The second kappa shape index (κ2) is 6.49. The highest BCUT2D eigenvalue weighted by molar-refractivity contribution is 6.30. The molecule has 0 fully saturated rings. The first-order valence-electron chi connectivity index (χ1n) is 4.91. The van der Waals surface area contributed by atoms with E-state index < -0.39 is 6.29 Å². The number of hydrogen-bond donors (Lipinski definition) is 0. The van der Waals surface area contributed by atoms with Crippen LogP contribution in [-0.2, 0) is 15.9 Å². The molecule has 0 aliphatic heterocycles. The zero-order valence-electron chi connectivity index (χ0n) is 9.31. The highest BCUT2D eigenvalue weighted by atomic mass is 35.5. The van der Waals surface area contributed by atoms with Crippen LogP contribution in [0.1, 0.15) is 5.56 Å². The molecule has 0 radical (unpaired) electrons. The predicted molar refractivity (Wildman–Crippen MR) is 62.1 cm³/mol. The first-order chi connectivity index (χ1) is 7.71. The van der Waals surface area contributed by atoms with Crippen LogP contribution in [0.15, 0.2) is 24.3 Å². The molecule has 0 saturated carbocycles. The Morgan fingerprint density at radius 2 is 1.81 bits per heavy atom. The van der Waals surface area contributed by atoms with Crippen molar-refractivity contribution in [2.45, 2.75) is 12.7 Å². The summed E-state index contributed by atoms with van der Waals surface area (Å²) >= 11 is 5.78. The Bertz CT molecular complexity index is 354. The van der Waals surface area contributed by atoms with Crippen LogP contribution in [0, 0.1) is 17.2 Å². The van der Waals surface area contributed by atoms with Crippen LogP contribution in [0.3, 0.4) is 0 Å². The maximum absolute atomic E-state index is 9.04. The summed E-state index contributed by atoms with van der Waals surface area (Å²) in [6, 6.07) is 9.59. The second-order valence-electron chi connectivity index (χ2n) is 3.41. The Kier molecular flexibility index (Phi) is 5.27. The minimum absolute atomic E-state index is 0.323. The van der Waals surface area contributed by atoms with Crippen LogP contribution in [-0.4, -0.2) is 20.5 Å². The number of nitrogens with zero attached hydrogens (tertiary/aromatic N) is 1. The van der Waals surface area contributed by atoms with Gasteiger partial charge in [0.1, 0.15) is 5.92 Å². The smallest absolute Gasteiger partial charge is 0.172 e. The molecule has 1 rings (SSSR count). The van der Waals surface area contributed by atoms with Gasteiger partial charge in [0.2, 0.25) is 0 Å². The van der Waals surface area contributed by atoms with Gasteiger partial charge < -0.3 is 9.47 Å². The molecular weight excluding hydrogens is 226 g/mol. The van der Waals surface area contributed by atoms with Crippen molar-refractivity contribution in [2.24, 2.45) is 5.92 Å². The van der Waals surface area contributed by atoms with E-state index in [0.29, 0.717) is 11.4 Å². The maximum Gasteiger partial charge on any atom is 0.172 e. The van der Waals surface area contributed by atoms with Gasteiger partial charge in [-0.2, -0.15) is 5.26 Å². The molecule has 4 heteroatoms. The van der Waals surface area contributed by atoms with E-state index in [2.05, 4.69) is 6.07 Å². The minimum Gasteiger partial charge on any atom is -0.354 e. The standard InChI is InChI=1S/C12H14ClNO2/c1-15-12(16-2)10(8-14)7-9-3-5-11(13)6-4-9/h3-6,10,12H,7H2,1-2H3. The van der Waals surface area contributed by atoms with Gasteiger partial charge >= 0.3 is 0 Å². The summed E-state index contributed by atoms with van der Waals surface area (Å²) in [6.07, 6.45) is 0.0840. The van der Waals surface area contributed by atoms with Crippen LogP contribution in [0.2, 0.25) is 5.02 Å². The van der Waals surface area contributed by atoms with E-state index in [1.807, 2.05) is 12.1 Å². The maximum atomic E-state index is 9.04. The third-order valence-corrected chi connectivity index (χ3v) is 2.58. The molecule has 0 saturated heterocycles. The summed E-state index contributed by atoms with van der Waals surface area (Å²) in [4.78, 5) is 0. The molecule has 0 aliphatic rings. The van der Waals surface area contributed by atoms with Crippen molar-refractivity contribution in [3.8, 4) is 6.07 Å². The third-order valence-electron chi connectivity index (χ3n) is 2.33. The first-order valence-corrected chi connectivity index (χ1v) is 5.28. The van der Waals surface area contributed by atoms with Gasteiger partial charge in [0.25, 0.3) is 0 Å². The van der Waals surface area contributed by atoms with Crippen LogP contribution in [0.25, 0.3) is 0 Å². The molecule has 86 valence electrons. The van der Waals surface area contributed by atoms with Crippen molar-refractivity contribution >= 4 is 11.6 Å². The van der Waals surface area contributed by atoms with Gasteiger partial charge in [-0.1, -0.05) is 23.7 Å². The van der Waals surface area contributed by atoms with Gasteiger partial charge in [-0.15, -0.1) is 0 Å². The van der Waals surface area contributed by atoms with E-state index in [9.17, 15) is 0 Å². The van der Waals surface area contributed by atoms with Crippen LogP contribution < -0.4 is 0 Å². The average molecular weight is 240 g/mol. The van der Waals surface area contributed by atoms with Gasteiger partial charge in [0.15, 0.2) is 6.29 Å². The number of ether oxygens (including phenoxy) is 2. The predicted octanol–water partition coefficient (Wildman–Crippen LogP) is 2.64. The van der Waals surface area contributed by atoms with Crippen molar-refractivity contribution in [1.82, 2.24) is 0 Å². The molecule has 0 spiro atoms. The summed E-state index contributed by atoms with van der Waals surface area (Å²) < 4.78 is 10.2. The highest BCUT2D eigenvalue weighted by Crippen LogP contribution is 2.17. The van der Waals surface area contributed by atoms with Gasteiger partial charge in [0.05, 0.1) is 6.07 Å². The lowest BCUT2D eigenvalue weighted by molar-refractivity contribution is -0.124. The summed E-state index contributed by atoms with van der Waals surface area (Å²) in [7, 11) is 3.06. The van der Waals surface area contributed by atoms with E-state index in [1.165, 1.54) is 14.2 Å². The van der Waals surface area contributed by atoms with Crippen LogP contribution in [0.5, 0.6) is 0 Å². The molecule has 1 aromatic carbocycles. The lowest BCUT2D eigenvalue weighted by Crippen LogP contribution is -2.25. The van der Waals surface area contributed by atoms with Gasteiger partial charge in [-0.05, 0) is 24.1 Å². The number of nitriles is 1. The largest absolute Gasteiger partial charge is 0.354 e. The average Bonchev–Trinajstić information content (AvgIpc) is 2.32. The van der Waals surface area contributed by atoms with Crippen LogP contribution >= 0.6 is 11.6 Å². The van der Waals surface area contributed by atoms with E-state index in [1.54, 1.807) is 12.1 Å². The Morgan fingerprint density at radius 1 is 1.25 bits per heavy atom. The van der Waals surface area contributed by atoms with Gasteiger partial charge in [-0.3, -0.25) is 0 Å². The quantitative estimate of drug-likeness (QED) is 0.742. The molecule has 0 N–H and O–H groups in total. The van der Waals surface area contributed by atoms with Gasteiger partial charge in [0, 0.05) is 19.2 Å². The fourth-order valence-electron chi connectivity index (χ4n) is 1.50. The zero-order chi connectivity index (χ0) is 12.0. The molecule has 1 unspecified atom stereocenters. The topological polar surface area (TPSA) is 42.2 Å². The molecular formula is C12H14ClNO2. The molecule has 16 heavy (non-hydrogen) atoms. The monoisotopic (exact) mass is 239 g/mol. The van der Waals surface area contributed by atoms with E-state index in [-0.39, 0.29) is 5.92 Å². The van der Waals surface area contributed by atoms with Crippen molar-refractivity contribution in [1.29, 1.82) is 5.26 Å². The number of rotatable bonds is 5. The molecule has 0 aliphatic carbocycles. The molecule has 0 heterocycles. The number of methoxy groups -OCH3 is 2. The molecule has 1 atom stereocenters. The highest BCUT2D eigenvalue weighted by Gasteiger charge is 2.20. The normalized spacial score (nSPS) is 12.4. The summed E-state index contributed by atoms with van der Waals surface area (Å²) in [5, 5.41) is 9.73. The molecule has 0 aromatic heterocycles. The summed E-state index contributed by atoms with van der Waals surface area (Å²) in [5.74, 6) is -0.323. The zero-order valence-corrected chi connectivity index (χ0v) is 10.1. The number of hydrogen-bond acceptors (Lipinski definition) is 3. The SMILES string of the molecule is COC(OC)C(C#N)Cc1ccc(Cl)cc1. The van der Waals surface area contributed by atoms with Gasteiger partial charge in [-0.25, -0.2) is 0 Å². The molecule has 0 bridgehead atoms. The lowest BCUT2D eigenvalue weighted by Gasteiger charge is -2.18. The van der Waals surface area contributed by atoms with E-state index in [0.717, 1.165) is 5.56 Å². The summed E-state index contributed by atoms with van der Waals surface area (Å²) in [6.45, 7) is 0. The number of benzene rings is 1. The third kappa shape index (κ3) is 3.49. The lowest BCUT2D eigenvalue weighted by atomic mass is 10.0. The van der Waals surface area contributed by atoms with E-state index in [4.69, 9.17) is 26.3 Å². The molecule has 1 aromatic rings. The molecule has 0 amide bonds. The van der Waals surface area contributed by atoms with Crippen molar-refractivity contribution in [3.05, 3.63) is 34.9 Å². The summed E-state index contributed by atoms with van der Waals surface area (Å²) in [5.41, 5.74) is 1.04. The van der Waals surface area contributed by atoms with Crippen molar-refractivity contribution in [2.75, 3.05) is 14.2 Å². The second-order valence-corrected chi connectivity index (χ2v) is 3.84. The fraction of sp³-hybridized carbons (Fsp3) is 0.417. The van der Waals surface area contributed by atoms with Crippen molar-refractivity contribution in [3.63, 3.8) is 0 Å². The Labute approximate surface area is 101 Å². The first kappa shape index (κ1) is 13.0. The Balaban J connectivity index is 2.70. The number of halogens is 1. The molecule has 3 nitrogen and oxygen atoms in total. The minimum atomic E-state index is -0.499. The Hall–Kier alpha value is -1.08. The van der Waals surface area contributed by atoms with E-state index >= 15 is 0 Å². The van der Waals surface area contributed by atoms with Crippen LogP contribution in [0.4, 0.5) is 0 Å². The van der Waals surface area contributed by atoms with Crippen molar-refractivity contribution < 1.29 is 9.47 Å². The fourth-order valence-corrected chi connectivity index (χ4v) is 1.63. The Morgan fingerprint density at radius 3 is 2.25 bits per heavy atom.